The van der Waals surface area contributed by atoms with Crippen molar-refractivity contribution in [3.05, 3.63) is 150 Å². The Labute approximate surface area is 277 Å². The Bertz CT molecular complexity index is 1820. The predicted octanol–water partition coefficient (Wildman–Crippen LogP) is 8.76. The van der Waals surface area contributed by atoms with Gasteiger partial charge in [-0.05, 0) is 88.6 Å². The fraction of sp³-hybridized carbons (Fsp3) is 0.190. The number of allylic oxidation sites excluding steroid dienone is 4. The van der Waals surface area contributed by atoms with Crippen molar-refractivity contribution >= 4 is 42.4 Å². The maximum atomic E-state index is 6.26. The Morgan fingerprint density at radius 1 is 0.543 bits per heavy atom. The van der Waals surface area contributed by atoms with Gasteiger partial charge in [-0.3, -0.25) is 0 Å². The molecule has 0 amide bonds. The van der Waals surface area contributed by atoms with Gasteiger partial charge < -0.3 is 9.47 Å². The summed E-state index contributed by atoms with van der Waals surface area (Å²) in [6.07, 6.45) is 8.12. The van der Waals surface area contributed by atoms with Gasteiger partial charge in [0.25, 0.3) is 0 Å². The van der Waals surface area contributed by atoms with Gasteiger partial charge in [0.15, 0.2) is 0 Å². The Hall–Kier alpha value is -3.96. The standard InChI is InChI=1S/C42H42O2P2/c1-29-13-21-33(22-14-29)45(34-23-15-30(2)16-24-34)39-11-7-9-37(43-5)41(39)42-38(44-6)10-8-12-40(42)46(35-25-17-31(3)18-26-35)36-27-19-32(4)20-28-36/h7-27,36H,28H2,1-6H3. The SMILES string of the molecule is COc1cccc(P(c2ccc(C)cc2)c2ccc(C)cc2)c1-c1c(OC)cccc1P(c1ccc(C)cc1)C1C=CC(C)=CC1. The molecule has 0 aliphatic heterocycles. The second-order valence-electron chi connectivity index (χ2n) is 12.0. The first-order valence-corrected chi connectivity index (χ1v) is 18.6. The molecule has 2 nitrogen and oxygen atoms in total. The van der Waals surface area contributed by atoms with Crippen LogP contribution in [0.4, 0.5) is 0 Å². The molecule has 5 aromatic carbocycles. The van der Waals surface area contributed by atoms with Gasteiger partial charge in [-0.2, -0.15) is 0 Å². The molecule has 46 heavy (non-hydrogen) atoms. The molecule has 0 aromatic heterocycles. The highest BCUT2D eigenvalue weighted by Gasteiger charge is 2.31. The van der Waals surface area contributed by atoms with E-state index in [1.54, 1.807) is 14.2 Å². The summed E-state index contributed by atoms with van der Waals surface area (Å²) < 4.78 is 12.5. The van der Waals surface area contributed by atoms with Crippen molar-refractivity contribution in [1.82, 2.24) is 0 Å². The van der Waals surface area contributed by atoms with Crippen molar-refractivity contribution in [2.75, 3.05) is 14.2 Å². The smallest absolute Gasteiger partial charge is 0.127 e. The van der Waals surface area contributed by atoms with E-state index in [9.17, 15) is 0 Å². The van der Waals surface area contributed by atoms with E-state index < -0.39 is 15.8 Å². The zero-order valence-corrected chi connectivity index (χ0v) is 29.4. The zero-order valence-electron chi connectivity index (χ0n) is 27.6. The molecule has 2 atom stereocenters. The molecule has 232 valence electrons. The number of ether oxygens (including phenoxy) is 2. The van der Waals surface area contributed by atoms with Crippen LogP contribution >= 0.6 is 15.8 Å². The van der Waals surface area contributed by atoms with Gasteiger partial charge in [-0.25, -0.2) is 0 Å². The first kappa shape index (κ1) is 32.0. The second-order valence-corrected chi connectivity index (χ2v) is 16.6. The summed E-state index contributed by atoms with van der Waals surface area (Å²) in [6.45, 7) is 8.66. The lowest BCUT2D eigenvalue weighted by molar-refractivity contribution is 0.411. The van der Waals surface area contributed by atoms with Crippen LogP contribution in [-0.2, 0) is 0 Å². The normalized spacial score (nSPS) is 15.0. The monoisotopic (exact) mass is 640 g/mol. The van der Waals surface area contributed by atoms with Crippen LogP contribution in [-0.4, -0.2) is 19.9 Å². The van der Waals surface area contributed by atoms with Gasteiger partial charge in [0, 0.05) is 16.8 Å². The van der Waals surface area contributed by atoms with Crippen molar-refractivity contribution in [2.24, 2.45) is 0 Å². The van der Waals surface area contributed by atoms with E-state index in [0.29, 0.717) is 5.66 Å². The van der Waals surface area contributed by atoms with Crippen LogP contribution in [0, 0.1) is 20.8 Å². The molecular formula is C42H42O2P2. The minimum Gasteiger partial charge on any atom is -0.496 e. The van der Waals surface area contributed by atoms with E-state index in [-0.39, 0.29) is 0 Å². The summed E-state index contributed by atoms with van der Waals surface area (Å²) in [5.41, 5.74) is 7.73. The molecule has 0 saturated heterocycles. The summed E-state index contributed by atoms with van der Waals surface area (Å²) in [5.74, 6) is 1.74. The number of hydrogen-bond acceptors (Lipinski definition) is 2. The molecule has 0 radical (unpaired) electrons. The van der Waals surface area contributed by atoms with Gasteiger partial charge in [-0.15, -0.1) is 0 Å². The molecule has 0 saturated carbocycles. The van der Waals surface area contributed by atoms with Crippen LogP contribution in [0.25, 0.3) is 11.1 Å². The average molecular weight is 641 g/mol. The molecule has 2 unspecified atom stereocenters. The number of benzene rings is 5. The molecule has 6 rings (SSSR count). The lowest BCUT2D eigenvalue weighted by Gasteiger charge is -2.32. The molecule has 1 aliphatic rings. The highest BCUT2D eigenvalue weighted by molar-refractivity contribution is 7.80. The van der Waals surface area contributed by atoms with Crippen molar-refractivity contribution in [3.63, 3.8) is 0 Å². The van der Waals surface area contributed by atoms with Gasteiger partial charge in [0.1, 0.15) is 11.5 Å². The first-order valence-electron chi connectivity index (χ1n) is 15.9. The fourth-order valence-corrected chi connectivity index (χ4v) is 11.4. The molecule has 0 heterocycles. The largest absolute Gasteiger partial charge is 0.496 e. The topological polar surface area (TPSA) is 18.5 Å². The third-order valence-corrected chi connectivity index (χ3v) is 14.0. The second kappa shape index (κ2) is 14.2. The summed E-state index contributed by atoms with van der Waals surface area (Å²) >= 11 is 0. The van der Waals surface area contributed by atoms with Crippen LogP contribution in [0.5, 0.6) is 11.5 Å². The maximum Gasteiger partial charge on any atom is 0.127 e. The van der Waals surface area contributed by atoms with Crippen LogP contribution in [0.1, 0.15) is 30.0 Å². The average Bonchev–Trinajstić information content (AvgIpc) is 3.08. The number of aryl methyl sites for hydroxylation is 3. The van der Waals surface area contributed by atoms with Gasteiger partial charge in [-0.1, -0.05) is 138 Å². The zero-order chi connectivity index (χ0) is 32.2. The third-order valence-electron chi connectivity index (χ3n) is 8.69. The lowest BCUT2D eigenvalue weighted by atomic mass is 10.0. The van der Waals surface area contributed by atoms with Crippen molar-refractivity contribution < 1.29 is 9.47 Å². The fourth-order valence-electron chi connectivity index (χ4n) is 6.21. The molecule has 0 spiro atoms. The van der Waals surface area contributed by atoms with Crippen LogP contribution < -0.4 is 36.0 Å². The van der Waals surface area contributed by atoms with Crippen LogP contribution in [0.2, 0.25) is 0 Å². The number of rotatable bonds is 9. The van der Waals surface area contributed by atoms with E-state index in [0.717, 1.165) is 29.0 Å². The van der Waals surface area contributed by atoms with E-state index in [4.69, 9.17) is 9.47 Å². The van der Waals surface area contributed by atoms with Gasteiger partial charge >= 0.3 is 0 Å². The molecule has 1 aliphatic carbocycles. The Morgan fingerprint density at radius 2 is 1.00 bits per heavy atom. The highest BCUT2D eigenvalue weighted by Crippen LogP contribution is 2.50. The van der Waals surface area contributed by atoms with Crippen LogP contribution in [0.15, 0.2) is 133 Å². The van der Waals surface area contributed by atoms with E-state index in [2.05, 4.69) is 155 Å². The summed E-state index contributed by atoms with van der Waals surface area (Å²) in [4.78, 5) is 0. The Morgan fingerprint density at radius 3 is 1.46 bits per heavy atom. The molecular weight excluding hydrogens is 598 g/mol. The highest BCUT2D eigenvalue weighted by atomic mass is 31.1. The summed E-state index contributed by atoms with van der Waals surface area (Å²) in [6, 6.07) is 40.4. The quantitative estimate of drug-likeness (QED) is 0.150. The van der Waals surface area contributed by atoms with E-state index in [1.807, 2.05) is 0 Å². The predicted molar refractivity (Wildman–Crippen MR) is 202 cm³/mol. The van der Waals surface area contributed by atoms with Crippen LogP contribution in [0.3, 0.4) is 0 Å². The minimum atomic E-state index is -0.917. The molecule has 0 fully saturated rings. The molecule has 0 N–H and O–H groups in total. The Balaban J connectivity index is 1.66. The third kappa shape index (κ3) is 6.62. The molecule has 0 bridgehead atoms. The summed E-state index contributed by atoms with van der Waals surface area (Å²) in [5, 5.41) is 6.57. The Kier molecular flexibility index (Phi) is 9.89. The maximum absolute atomic E-state index is 6.26. The van der Waals surface area contributed by atoms with Crippen molar-refractivity contribution in [2.45, 2.75) is 39.8 Å². The lowest BCUT2D eigenvalue weighted by Crippen LogP contribution is -2.26. The van der Waals surface area contributed by atoms with E-state index in [1.165, 1.54) is 48.8 Å². The minimum absolute atomic E-state index is 0.362. The van der Waals surface area contributed by atoms with E-state index >= 15 is 0 Å². The molecule has 5 aromatic rings. The first-order chi connectivity index (χ1) is 22.4. The van der Waals surface area contributed by atoms with Gasteiger partial charge in [0.2, 0.25) is 0 Å². The number of methoxy groups -OCH3 is 2. The van der Waals surface area contributed by atoms with Gasteiger partial charge in [0.05, 0.1) is 14.2 Å². The van der Waals surface area contributed by atoms with Crippen molar-refractivity contribution in [3.8, 4) is 22.6 Å². The molecule has 4 heteroatoms. The number of hydrogen-bond donors (Lipinski definition) is 0. The summed E-state index contributed by atoms with van der Waals surface area (Å²) in [7, 11) is 1.87. The van der Waals surface area contributed by atoms with Crippen molar-refractivity contribution in [1.29, 1.82) is 0 Å².